The molecule has 1 aliphatic carbocycles. The number of pyridine rings is 1. The fourth-order valence-corrected chi connectivity index (χ4v) is 5.35. The molecule has 0 aliphatic heterocycles. The number of hydrogen-bond acceptors (Lipinski definition) is 4. The SMILES string of the molecule is CCCCC(CC)COc1ccc(Br)c2ccc(C3C(=O)c4cc5ccccc5cc4C3=O)nc12. The van der Waals surface area contributed by atoms with Crippen molar-refractivity contribution in [3.63, 3.8) is 0 Å². The highest BCUT2D eigenvalue weighted by molar-refractivity contribution is 9.10. The van der Waals surface area contributed by atoms with Gasteiger partial charge < -0.3 is 4.74 Å². The Balaban J connectivity index is 1.51. The first-order valence-corrected chi connectivity index (χ1v) is 13.1. The molecule has 1 aromatic heterocycles. The third-order valence-electron chi connectivity index (χ3n) is 7.04. The number of Topliss-reactive ketones (excluding diaryl/α,β-unsaturated/α-hetero) is 2. The van der Waals surface area contributed by atoms with Gasteiger partial charge in [0.2, 0.25) is 0 Å². The van der Waals surface area contributed by atoms with E-state index in [1.807, 2.05) is 54.6 Å². The number of benzene rings is 3. The van der Waals surface area contributed by atoms with Crippen LogP contribution < -0.4 is 4.74 Å². The normalized spacial score (nSPS) is 14.6. The summed E-state index contributed by atoms with van der Waals surface area (Å²) in [5.41, 5.74) is 2.10. The quantitative estimate of drug-likeness (QED) is 0.217. The van der Waals surface area contributed by atoms with Crippen LogP contribution in [0.1, 0.15) is 71.9 Å². The van der Waals surface area contributed by atoms with E-state index in [2.05, 4.69) is 29.8 Å². The standard InChI is InChI=1S/C30H28BrNO3/c1-3-5-8-18(4-2)17-35-26-14-12-24(31)21-11-13-25(32-28(21)26)27-29(33)22-15-19-9-6-7-10-20(19)16-23(22)30(27)34/h6-7,9-16,18,27H,3-5,8,17H2,1-2H3. The number of aromatic nitrogens is 1. The van der Waals surface area contributed by atoms with Gasteiger partial charge in [-0.15, -0.1) is 0 Å². The van der Waals surface area contributed by atoms with Gasteiger partial charge in [0, 0.05) is 21.0 Å². The van der Waals surface area contributed by atoms with Gasteiger partial charge in [0.1, 0.15) is 17.2 Å². The van der Waals surface area contributed by atoms with Gasteiger partial charge in [0.05, 0.1) is 12.3 Å². The van der Waals surface area contributed by atoms with E-state index in [9.17, 15) is 9.59 Å². The van der Waals surface area contributed by atoms with Crippen molar-refractivity contribution in [1.29, 1.82) is 0 Å². The van der Waals surface area contributed by atoms with Gasteiger partial charge in [-0.2, -0.15) is 0 Å². The first kappa shape index (κ1) is 23.7. The van der Waals surface area contributed by atoms with Gasteiger partial charge in [0.15, 0.2) is 11.6 Å². The molecule has 0 N–H and O–H groups in total. The maximum Gasteiger partial charge on any atom is 0.180 e. The molecule has 5 heteroatoms. The van der Waals surface area contributed by atoms with Crippen LogP contribution in [0.4, 0.5) is 0 Å². The van der Waals surface area contributed by atoms with Gasteiger partial charge in [-0.1, -0.05) is 73.3 Å². The molecular formula is C30H28BrNO3. The topological polar surface area (TPSA) is 56.3 Å². The van der Waals surface area contributed by atoms with Crippen LogP contribution in [-0.4, -0.2) is 23.2 Å². The second-order valence-corrected chi connectivity index (χ2v) is 10.2. The number of carbonyl (C=O) groups is 2. The maximum atomic E-state index is 13.4. The summed E-state index contributed by atoms with van der Waals surface area (Å²) in [5.74, 6) is -0.137. The van der Waals surface area contributed by atoms with E-state index < -0.39 is 5.92 Å². The van der Waals surface area contributed by atoms with E-state index in [0.717, 1.165) is 33.5 Å². The average molecular weight is 530 g/mol. The third kappa shape index (κ3) is 4.38. The molecule has 1 aliphatic rings. The lowest BCUT2D eigenvalue weighted by Gasteiger charge is -2.17. The van der Waals surface area contributed by atoms with Crippen molar-refractivity contribution >= 4 is 49.2 Å². The van der Waals surface area contributed by atoms with Gasteiger partial charge >= 0.3 is 0 Å². The molecule has 0 bridgehead atoms. The Morgan fingerprint density at radius 2 is 1.63 bits per heavy atom. The largest absolute Gasteiger partial charge is 0.491 e. The molecule has 4 aromatic rings. The molecule has 0 spiro atoms. The van der Waals surface area contributed by atoms with Crippen molar-refractivity contribution in [3.8, 4) is 5.75 Å². The van der Waals surface area contributed by atoms with E-state index in [4.69, 9.17) is 9.72 Å². The Kier molecular flexibility index (Phi) is 6.70. The summed E-state index contributed by atoms with van der Waals surface area (Å²) in [5, 5.41) is 2.80. The van der Waals surface area contributed by atoms with Gasteiger partial charge in [0.25, 0.3) is 0 Å². The molecule has 0 amide bonds. The van der Waals surface area contributed by atoms with E-state index in [1.165, 1.54) is 12.8 Å². The zero-order valence-corrected chi connectivity index (χ0v) is 21.6. The van der Waals surface area contributed by atoms with Crippen molar-refractivity contribution in [3.05, 3.63) is 82.0 Å². The fraction of sp³-hybridized carbons (Fsp3) is 0.300. The Morgan fingerprint density at radius 3 is 2.26 bits per heavy atom. The lowest BCUT2D eigenvalue weighted by molar-refractivity contribution is 0.0888. The minimum absolute atomic E-state index is 0.189. The molecule has 0 saturated carbocycles. The Bertz CT molecular complexity index is 1390. The number of unbranched alkanes of at least 4 members (excludes halogenated alkanes) is 1. The summed E-state index contributed by atoms with van der Waals surface area (Å²) < 4.78 is 7.16. The average Bonchev–Trinajstić information content (AvgIpc) is 3.12. The van der Waals surface area contributed by atoms with Crippen molar-refractivity contribution in [2.24, 2.45) is 5.92 Å². The smallest absolute Gasteiger partial charge is 0.180 e. The summed E-state index contributed by atoms with van der Waals surface area (Å²) in [7, 11) is 0. The minimum atomic E-state index is -0.925. The molecule has 3 aromatic carbocycles. The summed E-state index contributed by atoms with van der Waals surface area (Å²) in [6.07, 6.45) is 4.56. The highest BCUT2D eigenvalue weighted by atomic mass is 79.9. The predicted molar refractivity (Wildman–Crippen MR) is 144 cm³/mol. The monoisotopic (exact) mass is 529 g/mol. The number of hydrogen-bond donors (Lipinski definition) is 0. The molecule has 178 valence electrons. The molecular weight excluding hydrogens is 502 g/mol. The first-order valence-electron chi connectivity index (χ1n) is 12.3. The fourth-order valence-electron chi connectivity index (χ4n) is 4.90. The molecule has 4 nitrogen and oxygen atoms in total. The van der Waals surface area contributed by atoms with E-state index >= 15 is 0 Å². The molecule has 1 heterocycles. The number of ketones is 2. The predicted octanol–water partition coefficient (Wildman–Crippen LogP) is 7.91. The lowest BCUT2D eigenvalue weighted by atomic mass is 9.98. The molecule has 35 heavy (non-hydrogen) atoms. The number of fused-ring (bicyclic) bond motifs is 3. The molecule has 1 atom stereocenters. The lowest BCUT2D eigenvalue weighted by Crippen LogP contribution is -2.15. The summed E-state index contributed by atoms with van der Waals surface area (Å²) in [4.78, 5) is 31.6. The summed E-state index contributed by atoms with van der Waals surface area (Å²) in [6, 6.07) is 19.0. The van der Waals surface area contributed by atoms with Crippen molar-refractivity contribution < 1.29 is 14.3 Å². The Morgan fingerprint density at radius 1 is 0.943 bits per heavy atom. The molecule has 0 radical (unpaired) electrons. The zero-order chi connectivity index (χ0) is 24.5. The van der Waals surface area contributed by atoms with E-state index in [-0.39, 0.29) is 11.6 Å². The summed E-state index contributed by atoms with van der Waals surface area (Å²) in [6.45, 7) is 5.02. The second-order valence-electron chi connectivity index (χ2n) is 9.31. The second kappa shape index (κ2) is 9.90. The maximum absolute atomic E-state index is 13.4. The van der Waals surface area contributed by atoms with Gasteiger partial charge in [-0.05, 0) is 59.5 Å². The first-order chi connectivity index (χ1) is 17.0. The number of halogens is 1. The third-order valence-corrected chi connectivity index (χ3v) is 7.73. The van der Waals surface area contributed by atoms with Gasteiger partial charge in [-0.3, -0.25) is 9.59 Å². The van der Waals surface area contributed by atoms with Crippen molar-refractivity contribution in [2.75, 3.05) is 6.61 Å². The van der Waals surface area contributed by atoms with Crippen LogP contribution in [0.15, 0.2) is 65.1 Å². The van der Waals surface area contributed by atoms with E-state index in [1.54, 1.807) is 6.07 Å². The Hall–Kier alpha value is -3.05. The summed E-state index contributed by atoms with van der Waals surface area (Å²) >= 11 is 3.61. The number of carbonyl (C=O) groups excluding carboxylic acids is 2. The van der Waals surface area contributed by atoms with Crippen LogP contribution in [0.3, 0.4) is 0 Å². The van der Waals surface area contributed by atoms with Gasteiger partial charge in [-0.25, -0.2) is 4.98 Å². The van der Waals surface area contributed by atoms with Crippen molar-refractivity contribution in [1.82, 2.24) is 4.98 Å². The highest BCUT2D eigenvalue weighted by Gasteiger charge is 2.41. The van der Waals surface area contributed by atoms with E-state index in [0.29, 0.717) is 40.6 Å². The highest BCUT2D eigenvalue weighted by Crippen LogP contribution is 2.38. The van der Waals surface area contributed by atoms with Crippen LogP contribution in [0.5, 0.6) is 5.75 Å². The van der Waals surface area contributed by atoms with Crippen LogP contribution in [0.2, 0.25) is 0 Å². The number of nitrogens with zero attached hydrogens (tertiary/aromatic N) is 1. The van der Waals surface area contributed by atoms with Crippen LogP contribution in [0.25, 0.3) is 21.7 Å². The zero-order valence-electron chi connectivity index (χ0n) is 20.0. The van der Waals surface area contributed by atoms with Crippen LogP contribution >= 0.6 is 15.9 Å². The minimum Gasteiger partial charge on any atom is -0.491 e. The van der Waals surface area contributed by atoms with Crippen LogP contribution in [0, 0.1) is 5.92 Å². The molecule has 0 saturated heterocycles. The van der Waals surface area contributed by atoms with Crippen molar-refractivity contribution in [2.45, 2.75) is 45.4 Å². The molecule has 1 unspecified atom stereocenters. The number of ether oxygens (including phenoxy) is 1. The van der Waals surface area contributed by atoms with Crippen LogP contribution in [-0.2, 0) is 0 Å². The number of rotatable bonds is 8. The molecule has 5 rings (SSSR count). The Labute approximate surface area is 213 Å². The molecule has 0 fully saturated rings.